The van der Waals surface area contributed by atoms with Crippen molar-refractivity contribution in [1.82, 2.24) is 10.2 Å². The van der Waals surface area contributed by atoms with Gasteiger partial charge in [-0.15, -0.1) is 0 Å². The van der Waals surface area contributed by atoms with E-state index < -0.39 is 34.1 Å². The van der Waals surface area contributed by atoms with Crippen LogP contribution in [0.5, 0.6) is 5.75 Å². The molecule has 1 atom stereocenters. The number of carbonyl (C=O) groups excluding carboxylic acids is 2. The van der Waals surface area contributed by atoms with Gasteiger partial charge in [-0.25, -0.2) is 8.42 Å². The van der Waals surface area contributed by atoms with E-state index in [4.69, 9.17) is 16.3 Å². The van der Waals surface area contributed by atoms with Gasteiger partial charge < -0.3 is 15.0 Å². The maximum atomic E-state index is 13.9. The number of anilines is 1. The fourth-order valence-electron chi connectivity index (χ4n) is 3.88. The van der Waals surface area contributed by atoms with Crippen LogP contribution in [0.1, 0.15) is 33.3 Å². The second-order valence-electron chi connectivity index (χ2n) is 10.1. The van der Waals surface area contributed by atoms with Gasteiger partial charge in [-0.1, -0.05) is 41.9 Å². The minimum absolute atomic E-state index is 0.0330. The summed E-state index contributed by atoms with van der Waals surface area (Å²) in [5.41, 5.74) is 0.467. The van der Waals surface area contributed by atoms with Crippen molar-refractivity contribution in [3.05, 3.63) is 89.4 Å². The fraction of sp³-hybridized carbons (Fsp3) is 0.310. The molecule has 3 rings (SSSR count). The third-order valence-electron chi connectivity index (χ3n) is 5.88. The molecule has 0 aliphatic rings. The van der Waals surface area contributed by atoms with Gasteiger partial charge in [0.1, 0.15) is 18.3 Å². The Hall–Kier alpha value is -3.56. The van der Waals surface area contributed by atoms with Crippen molar-refractivity contribution in [2.45, 2.75) is 50.7 Å². The third-order valence-corrected chi connectivity index (χ3v) is 7.92. The molecule has 0 aromatic heterocycles. The highest BCUT2D eigenvalue weighted by Gasteiger charge is 2.33. The Morgan fingerprint density at radius 2 is 1.62 bits per heavy atom. The van der Waals surface area contributed by atoms with E-state index in [1.807, 2.05) is 26.8 Å². The first kappa shape index (κ1) is 30.0. The number of hydrogen-bond acceptors (Lipinski definition) is 5. The van der Waals surface area contributed by atoms with E-state index in [0.29, 0.717) is 10.8 Å². The van der Waals surface area contributed by atoms with E-state index in [2.05, 4.69) is 5.32 Å². The number of nitrogens with zero attached hydrogens (tertiary/aromatic N) is 2. The summed E-state index contributed by atoms with van der Waals surface area (Å²) in [4.78, 5) is 28.5. The van der Waals surface area contributed by atoms with Gasteiger partial charge in [-0.2, -0.15) is 0 Å². The Morgan fingerprint density at radius 3 is 2.21 bits per heavy atom. The summed E-state index contributed by atoms with van der Waals surface area (Å²) in [6.07, 6.45) is 0. The standard InChI is InChI=1S/C29H34ClN3O5S/c1-21(28(35)31-29(2,3)4)32(19-22-10-9-11-25(18-22)38-5)27(34)20-33(24-16-14-23(30)15-17-24)39(36,37)26-12-7-6-8-13-26/h6-18,21H,19-20H2,1-5H3,(H,31,35)/t21-/m1/s1. The van der Waals surface area contributed by atoms with Crippen LogP contribution < -0.4 is 14.4 Å². The van der Waals surface area contributed by atoms with Crippen LogP contribution in [0.3, 0.4) is 0 Å². The number of carbonyl (C=O) groups is 2. The summed E-state index contributed by atoms with van der Waals surface area (Å²) in [5, 5.41) is 3.33. The molecule has 39 heavy (non-hydrogen) atoms. The first-order chi connectivity index (χ1) is 18.3. The quantitative estimate of drug-likeness (QED) is 0.374. The highest BCUT2D eigenvalue weighted by molar-refractivity contribution is 7.92. The number of nitrogens with one attached hydrogen (secondary N) is 1. The number of hydrogen-bond donors (Lipinski definition) is 1. The smallest absolute Gasteiger partial charge is 0.264 e. The van der Waals surface area contributed by atoms with Crippen molar-refractivity contribution < 1.29 is 22.7 Å². The number of halogens is 1. The Bertz CT molecular complexity index is 1390. The molecule has 0 saturated carbocycles. The third kappa shape index (κ3) is 7.97. The summed E-state index contributed by atoms with van der Waals surface area (Å²) in [7, 11) is -2.59. The summed E-state index contributed by atoms with van der Waals surface area (Å²) in [6.45, 7) is 6.70. The summed E-state index contributed by atoms with van der Waals surface area (Å²) < 4.78 is 33.8. The maximum absolute atomic E-state index is 13.9. The van der Waals surface area contributed by atoms with E-state index in [1.54, 1.807) is 62.6 Å². The van der Waals surface area contributed by atoms with Crippen molar-refractivity contribution in [3.63, 3.8) is 0 Å². The Labute approximate surface area is 235 Å². The molecule has 10 heteroatoms. The molecule has 0 bridgehead atoms. The highest BCUT2D eigenvalue weighted by atomic mass is 35.5. The van der Waals surface area contributed by atoms with Gasteiger partial charge >= 0.3 is 0 Å². The van der Waals surface area contributed by atoms with Gasteiger partial charge in [-0.3, -0.25) is 13.9 Å². The lowest BCUT2D eigenvalue weighted by Gasteiger charge is -2.33. The highest BCUT2D eigenvalue weighted by Crippen LogP contribution is 2.26. The van der Waals surface area contributed by atoms with Crippen molar-refractivity contribution in [3.8, 4) is 5.75 Å². The second-order valence-corrected chi connectivity index (χ2v) is 12.4. The van der Waals surface area contributed by atoms with Crippen molar-refractivity contribution >= 4 is 39.1 Å². The molecule has 0 radical (unpaired) electrons. The van der Waals surface area contributed by atoms with Gasteiger partial charge in [0.05, 0.1) is 17.7 Å². The first-order valence-corrected chi connectivity index (χ1v) is 14.2. The lowest BCUT2D eigenvalue weighted by Crippen LogP contribution is -2.54. The average Bonchev–Trinajstić information content (AvgIpc) is 2.90. The minimum Gasteiger partial charge on any atom is -0.497 e. The molecule has 1 N–H and O–H groups in total. The molecule has 0 aliphatic heterocycles. The molecule has 0 fully saturated rings. The van der Waals surface area contributed by atoms with E-state index in [-0.39, 0.29) is 23.0 Å². The Morgan fingerprint density at radius 1 is 0.974 bits per heavy atom. The normalized spacial score (nSPS) is 12.4. The molecule has 208 valence electrons. The SMILES string of the molecule is COc1cccc(CN(C(=O)CN(c2ccc(Cl)cc2)S(=O)(=O)c2ccccc2)[C@H](C)C(=O)NC(C)(C)C)c1. The van der Waals surface area contributed by atoms with Crippen LogP contribution in [0, 0.1) is 0 Å². The van der Waals surface area contributed by atoms with Gasteiger partial charge in [0.25, 0.3) is 10.0 Å². The topological polar surface area (TPSA) is 96.0 Å². The van der Waals surface area contributed by atoms with Crippen LogP contribution in [0.2, 0.25) is 5.02 Å². The Balaban J connectivity index is 2.03. The van der Waals surface area contributed by atoms with Crippen molar-refractivity contribution in [2.75, 3.05) is 18.0 Å². The number of benzene rings is 3. The van der Waals surface area contributed by atoms with Crippen molar-refractivity contribution in [1.29, 1.82) is 0 Å². The minimum atomic E-state index is -4.13. The molecular formula is C29H34ClN3O5S. The molecule has 0 unspecified atom stereocenters. The first-order valence-electron chi connectivity index (χ1n) is 12.4. The number of rotatable bonds is 10. The molecular weight excluding hydrogens is 538 g/mol. The molecule has 0 spiro atoms. The zero-order chi connectivity index (χ0) is 28.8. The van der Waals surface area contributed by atoms with Crippen LogP contribution in [-0.2, 0) is 26.2 Å². The number of methoxy groups -OCH3 is 1. The lowest BCUT2D eigenvalue weighted by molar-refractivity contribution is -0.140. The van der Waals surface area contributed by atoms with Crippen LogP contribution >= 0.6 is 11.6 Å². The second kappa shape index (κ2) is 12.5. The number of amides is 2. The molecule has 0 saturated heterocycles. The van der Waals surface area contributed by atoms with Crippen LogP contribution in [0.15, 0.2) is 83.8 Å². The molecule has 0 heterocycles. The Kier molecular flexibility index (Phi) is 9.63. The molecule has 3 aromatic rings. The van der Waals surface area contributed by atoms with Crippen LogP contribution in [0.4, 0.5) is 5.69 Å². The van der Waals surface area contributed by atoms with Gasteiger partial charge in [-0.05, 0) is 81.8 Å². The van der Waals surface area contributed by atoms with Crippen molar-refractivity contribution in [2.24, 2.45) is 0 Å². The van der Waals surface area contributed by atoms with E-state index in [1.165, 1.54) is 29.2 Å². The average molecular weight is 572 g/mol. The van der Waals surface area contributed by atoms with E-state index in [9.17, 15) is 18.0 Å². The summed E-state index contributed by atoms with van der Waals surface area (Å²) >= 11 is 6.05. The largest absolute Gasteiger partial charge is 0.497 e. The number of ether oxygens (including phenoxy) is 1. The van der Waals surface area contributed by atoms with Crippen LogP contribution in [0.25, 0.3) is 0 Å². The van der Waals surface area contributed by atoms with Gasteiger partial charge in [0, 0.05) is 17.1 Å². The molecule has 0 aliphatic carbocycles. The number of sulfonamides is 1. The predicted molar refractivity (Wildman–Crippen MR) is 153 cm³/mol. The zero-order valence-electron chi connectivity index (χ0n) is 22.7. The molecule has 8 nitrogen and oxygen atoms in total. The fourth-order valence-corrected chi connectivity index (χ4v) is 5.44. The summed E-state index contributed by atoms with van der Waals surface area (Å²) in [6, 6.07) is 20.3. The lowest BCUT2D eigenvalue weighted by atomic mass is 10.1. The van der Waals surface area contributed by atoms with Gasteiger partial charge in [0.2, 0.25) is 11.8 Å². The summed E-state index contributed by atoms with van der Waals surface area (Å²) in [5.74, 6) is -0.312. The maximum Gasteiger partial charge on any atom is 0.264 e. The van der Waals surface area contributed by atoms with E-state index >= 15 is 0 Å². The monoisotopic (exact) mass is 571 g/mol. The molecule has 2 amide bonds. The van der Waals surface area contributed by atoms with Crippen LogP contribution in [-0.4, -0.2) is 50.4 Å². The van der Waals surface area contributed by atoms with Gasteiger partial charge in [0.15, 0.2) is 0 Å². The predicted octanol–water partition coefficient (Wildman–Crippen LogP) is 4.88. The van der Waals surface area contributed by atoms with E-state index in [0.717, 1.165) is 9.87 Å². The zero-order valence-corrected chi connectivity index (χ0v) is 24.3. The molecule has 3 aromatic carbocycles.